The number of hydrogen-bond donors (Lipinski definition) is 3. The van der Waals surface area contributed by atoms with Crippen molar-refractivity contribution in [2.24, 2.45) is 0 Å². The van der Waals surface area contributed by atoms with Gasteiger partial charge in [-0.15, -0.1) is 0 Å². The number of rotatable bonds is 3. The molecule has 3 N–H and O–H groups in total. The molecule has 0 bridgehead atoms. The van der Waals surface area contributed by atoms with Gasteiger partial charge in [-0.05, 0) is 46.2 Å². The molecule has 0 aliphatic rings. The number of phenols is 1. The van der Waals surface area contributed by atoms with Crippen LogP contribution in [0, 0.1) is 0 Å². The normalized spacial score (nSPS) is 10.9. The van der Waals surface area contributed by atoms with E-state index in [9.17, 15) is 20.1 Å². The highest BCUT2D eigenvalue weighted by Crippen LogP contribution is 2.38. The summed E-state index contributed by atoms with van der Waals surface area (Å²) >= 11 is 6.25. The molecule has 0 radical (unpaired) electrons. The highest BCUT2D eigenvalue weighted by molar-refractivity contribution is 6.33. The Kier molecular flexibility index (Phi) is 3.94. The maximum absolute atomic E-state index is 11.6. The smallest absolute Gasteiger partial charge is 0.336 e. The average Bonchev–Trinajstić information content (AvgIpc) is 2.53. The number of hydrogen-bond acceptors (Lipinski definition) is 3. The zero-order valence-corrected chi connectivity index (χ0v) is 12.7. The van der Waals surface area contributed by atoms with Crippen molar-refractivity contribution in [3.63, 3.8) is 0 Å². The quantitative estimate of drug-likeness (QED) is 0.677. The lowest BCUT2D eigenvalue weighted by Gasteiger charge is -2.15. The van der Waals surface area contributed by atoms with Crippen LogP contribution in [-0.2, 0) is 6.61 Å². The molecule has 116 valence electrons. The number of halogens is 1. The van der Waals surface area contributed by atoms with Crippen LogP contribution in [0.5, 0.6) is 5.75 Å². The van der Waals surface area contributed by atoms with Gasteiger partial charge in [0.15, 0.2) is 0 Å². The molecule has 5 heteroatoms. The first kappa shape index (κ1) is 15.3. The maximum atomic E-state index is 11.6. The number of aromatic carboxylic acids is 1. The second-order valence-corrected chi connectivity index (χ2v) is 5.53. The molecule has 0 aliphatic carbocycles. The minimum atomic E-state index is -1.15. The van der Waals surface area contributed by atoms with Gasteiger partial charge in [-0.3, -0.25) is 0 Å². The van der Waals surface area contributed by atoms with Gasteiger partial charge < -0.3 is 15.3 Å². The van der Waals surface area contributed by atoms with E-state index in [0.29, 0.717) is 26.9 Å². The van der Waals surface area contributed by atoms with Crippen molar-refractivity contribution in [1.82, 2.24) is 0 Å². The van der Waals surface area contributed by atoms with Crippen LogP contribution < -0.4 is 0 Å². The topological polar surface area (TPSA) is 77.8 Å². The first-order valence-corrected chi connectivity index (χ1v) is 7.28. The van der Waals surface area contributed by atoms with Crippen molar-refractivity contribution in [1.29, 1.82) is 0 Å². The van der Waals surface area contributed by atoms with Crippen LogP contribution >= 0.6 is 11.6 Å². The summed E-state index contributed by atoms with van der Waals surface area (Å²) in [4.78, 5) is 11.6. The van der Waals surface area contributed by atoms with Gasteiger partial charge in [0.2, 0.25) is 0 Å². The fourth-order valence-electron chi connectivity index (χ4n) is 2.73. The number of aliphatic hydroxyl groups is 1. The number of fused-ring (bicyclic) bond motifs is 1. The van der Waals surface area contributed by atoms with Crippen LogP contribution in [0.2, 0.25) is 5.02 Å². The van der Waals surface area contributed by atoms with E-state index in [1.807, 2.05) is 6.07 Å². The lowest BCUT2D eigenvalue weighted by molar-refractivity contribution is 0.0693. The third kappa shape index (κ3) is 2.63. The Morgan fingerprint density at radius 1 is 1.00 bits per heavy atom. The van der Waals surface area contributed by atoms with E-state index >= 15 is 0 Å². The third-order valence-electron chi connectivity index (χ3n) is 3.78. The summed E-state index contributed by atoms with van der Waals surface area (Å²) in [5.41, 5.74) is 1.58. The molecule has 0 saturated heterocycles. The van der Waals surface area contributed by atoms with Crippen LogP contribution in [0.1, 0.15) is 15.9 Å². The van der Waals surface area contributed by atoms with Gasteiger partial charge in [-0.1, -0.05) is 35.9 Å². The monoisotopic (exact) mass is 328 g/mol. The molecule has 0 amide bonds. The number of carbonyl (C=O) groups is 1. The molecule has 4 nitrogen and oxygen atoms in total. The van der Waals surface area contributed by atoms with E-state index in [2.05, 4.69) is 0 Å². The van der Waals surface area contributed by atoms with E-state index in [1.54, 1.807) is 24.3 Å². The highest BCUT2D eigenvalue weighted by atomic mass is 35.5. The van der Waals surface area contributed by atoms with E-state index in [4.69, 9.17) is 11.6 Å². The fourth-order valence-corrected chi connectivity index (χ4v) is 2.97. The molecule has 0 heterocycles. The predicted octanol–water partition coefficient (Wildman–Crippen LogP) is 4.06. The van der Waals surface area contributed by atoms with Crippen molar-refractivity contribution in [2.75, 3.05) is 0 Å². The highest BCUT2D eigenvalue weighted by Gasteiger charge is 2.18. The van der Waals surface area contributed by atoms with Crippen LogP contribution in [0.4, 0.5) is 0 Å². The SMILES string of the molecule is O=C(O)c1cc(-c2ccccc2Cl)c2ccc(O)cc2c1CO. The Bertz CT molecular complexity index is 918. The zero-order valence-electron chi connectivity index (χ0n) is 12.0. The van der Waals surface area contributed by atoms with E-state index in [-0.39, 0.29) is 16.9 Å². The molecule has 0 aliphatic heterocycles. The van der Waals surface area contributed by atoms with Crippen LogP contribution in [0.25, 0.3) is 21.9 Å². The largest absolute Gasteiger partial charge is 0.508 e. The number of aliphatic hydroxyl groups excluding tert-OH is 1. The molecular weight excluding hydrogens is 316 g/mol. The minimum absolute atomic E-state index is 0.000141. The fraction of sp³-hybridized carbons (Fsp3) is 0.0556. The summed E-state index contributed by atoms with van der Waals surface area (Å²) in [6.45, 7) is -0.440. The summed E-state index contributed by atoms with van der Waals surface area (Å²) in [6, 6.07) is 13.3. The van der Waals surface area contributed by atoms with Crippen molar-refractivity contribution in [2.45, 2.75) is 6.61 Å². The molecular formula is C18H13ClO4. The summed E-state index contributed by atoms with van der Waals surface area (Å²) in [5, 5.41) is 30.5. The number of aromatic hydroxyl groups is 1. The van der Waals surface area contributed by atoms with Gasteiger partial charge in [-0.25, -0.2) is 4.79 Å². The Morgan fingerprint density at radius 3 is 2.39 bits per heavy atom. The van der Waals surface area contributed by atoms with Gasteiger partial charge in [-0.2, -0.15) is 0 Å². The van der Waals surface area contributed by atoms with E-state index < -0.39 is 12.6 Å². The Morgan fingerprint density at radius 2 is 1.74 bits per heavy atom. The van der Waals surface area contributed by atoms with Gasteiger partial charge in [0.25, 0.3) is 0 Å². The average molecular weight is 329 g/mol. The van der Waals surface area contributed by atoms with Crippen LogP contribution in [0.15, 0.2) is 48.5 Å². The molecule has 3 rings (SSSR count). The number of carboxylic acids is 1. The molecule has 23 heavy (non-hydrogen) atoms. The molecule has 0 aromatic heterocycles. The summed E-state index contributed by atoms with van der Waals surface area (Å²) in [5.74, 6) is -1.15. The molecule has 0 saturated carbocycles. The number of carboxylic acid groups (broad SMARTS) is 1. The lowest BCUT2D eigenvalue weighted by Crippen LogP contribution is -2.04. The Balaban J connectivity index is 2.48. The van der Waals surface area contributed by atoms with Crippen molar-refractivity contribution >= 4 is 28.3 Å². The number of benzene rings is 3. The van der Waals surface area contributed by atoms with E-state index in [0.717, 1.165) is 0 Å². The van der Waals surface area contributed by atoms with Gasteiger partial charge >= 0.3 is 5.97 Å². The maximum Gasteiger partial charge on any atom is 0.336 e. The molecule has 0 spiro atoms. The third-order valence-corrected chi connectivity index (χ3v) is 4.11. The minimum Gasteiger partial charge on any atom is -0.508 e. The molecule has 0 atom stereocenters. The van der Waals surface area contributed by atoms with Gasteiger partial charge in [0.05, 0.1) is 12.2 Å². The first-order valence-electron chi connectivity index (χ1n) is 6.90. The van der Waals surface area contributed by atoms with Crippen molar-refractivity contribution in [3.8, 4) is 16.9 Å². The lowest BCUT2D eigenvalue weighted by atomic mass is 9.91. The molecule has 3 aromatic carbocycles. The van der Waals surface area contributed by atoms with E-state index in [1.165, 1.54) is 18.2 Å². The molecule has 3 aromatic rings. The van der Waals surface area contributed by atoms with Crippen LogP contribution in [0.3, 0.4) is 0 Å². The van der Waals surface area contributed by atoms with Gasteiger partial charge in [0.1, 0.15) is 5.75 Å². The summed E-state index contributed by atoms with van der Waals surface area (Å²) in [6.07, 6.45) is 0. The second-order valence-electron chi connectivity index (χ2n) is 5.12. The standard InChI is InChI=1S/C18H13ClO4/c19-17-4-2-1-3-12(17)14-8-15(18(22)23)16(9-20)13-7-10(21)5-6-11(13)14/h1-8,20-21H,9H2,(H,22,23). The first-order chi connectivity index (χ1) is 11.0. The Hall–Kier alpha value is -2.56. The van der Waals surface area contributed by atoms with Crippen LogP contribution in [-0.4, -0.2) is 21.3 Å². The number of phenolic OH excluding ortho intramolecular Hbond substituents is 1. The molecule has 0 unspecified atom stereocenters. The van der Waals surface area contributed by atoms with Crippen molar-refractivity contribution < 1.29 is 20.1 Å². The predicted molar refractivity (Wildman–Crippen MR) is 88.9 cm³/mol. The Labute approximate surface area is 137 Å². The summed E-state index contributed by atoms with van der Waals surface area (Å²) < 4.78 is 0. The summed E-state index contributed by atoms with van der Waals surface area (Å²) in [7, 11) is 0. The van der Waals surface area contributed by atoms with Crippen molar-refractivity contribution in [3.05, 3.63) is 64.7 Å². The van der Waals surface area contributed by atoms with Gasteiger partial charge in [0, 0.05) is 10.6 Å². The molecule has 0 fully saturated rings. The zero-order chi connectivity index (χ0) is 16.6. The second kappa shape index (κ2) is 5.91.